The summed E-state index contributed by atoms with van der Waals surface area (Å²) in [5, 5.41) is 14.5. The first-order valence-corrected chi connectivity index (χ1v) is 6.98. The van der Waals surface area contributed by atoms with Crippen LogP contribution in [0.2, 0.25) is 0 Å². The van der Waals surface area contributed by atoms with Crippen molar-refractivity contribution in [3.8, 4) is 5.75 Å². The lowest BCUT2D eigenvalue weighted by Gasteiger charge is -2.13. The Morgan fingerprint density at radius 1 is 1.29 bits per heavy atom. The van der Waals surface area contributed by atoms with E-state index in [-0.39, 0.29) is 18.0 Å². The molecule has 2 amide bonds. The van der Waals surface area contributed by atoms with Crippen LogP contribution >= 0.6 is 0 Å². The number of carbonyl (C=O) groups excluding carboxylic acids is 1. The lowest BCUT2D eigenvalue weighted by molar-refractivity contribution is -0.141. The van der Waals surface area contributed by atoms with Gasteiger partial charge in [0, 0.05) is 12.6 Å². The highest BCUT2D eigenvalue weighted by molar-refractivity contribution is 5.75. The van der Waals surface area contributed by atoms with Crippen LogP contribution in [0.3, 0.4) is 0 Å². The lowest BCUT2D eigenvalue weighted by atomic mass is 10.1. The summed E-state index contributed by atoms with van der Waals surface area (Å²) in [6.45, 7) is 0.422. The topological polar surface area (TPSA) is 87.7 Å². The molecule has 0 heterocycles. The lowest BCUT2D eigenvalue weighted by Crippen LogP contribution is -2.40. The van der Waals surface area contributed by atoms with E-state index < -0.39 is 5.97 Å². The van der Waals surface area contributed by atoms with Crippen molar-refractivity contribution in [3.63, 3.8) is 0 Å². The summed E-state index contributed by atoms with van der Waals surface area (Å²) in [6, 6.07) is 7.13. The van der Waals surface area contributed by atoms with Crippen LogP contribution in [0.15, 0.2) is 24.3 Å². The summed E-state index contributed by atoms with van der Waals surface area (Å²) in [6.07, 6.45) is 1.84. The van der Waals surface area contributed by atoms with Crippen LogP contribution in [0.1, 0.15) is 24.8 Å². The van der Waals surface area contributed by atoms with Crippen molar-refractivity contribution < 1.29 is 19.4 Å². The summed E-state index contributed by atoms with van der Waals surface area (Å²) in [7, 11) is 1.60. The number of carboxylic acid groups (broad SMARTS) is 1. The first-order valence-electron chi connectivity index (χ1n) is 6.98. The molecule has 1 saturated carbocycles. The fourth-order valence-corrected chi connectivity index (χ4v) is 2.50. The van der Waals surface area contributed by atoms with Gasteiger partial charge < -0.3 is 20.5 Å². The summed E-state index contributed by atoms with van der Waals surface area (Å²) in [4.78, 5) is 22.6. The Morgan fingerprint density at radius 3 is 2.57 bits per heavy atom. The van der Waals surface area contributed by atoms with Crippen LogP contribution in [0.5, 0.6) is 5.75 Å². The number of hydrogen-bond acceptors (Lipinski definition) is 3. The summed E-state index contributed by atoms with van der Waals surface area (Å²) >= 11 is 0. The molecule has 0 aromatic heterocycles. The van der Waals surface area contributed by atoms with Crippen LogP contribution in [-0.4, -0.2) is 30.3 Å². The average molecular weight is 292 g/mol. The third kappa shape index (κ3) is 4.37. The number of amides is 2. The molecule has 6 nitrogen and oxygen atoms in total. The fourth-order valence-electron chi connectivity index (χ4n) is 2.50. The molecule has 0 radical (unpaired) electrons. The zero-order valence-corrected chi connectivity index (χ0v) is 12.0. The standard InChI is InChI=1S/C15H20N2O4/c1-21-13-6-2-10(3-7-13)9-16-15(20)17-12-5-4-11(8-12)14(18)19/h2-3,6-7,11-12H,4-5,8-9H2,1H3,(H,18,19)(H2,16,17,20). The Bertz CT molecular complexity index is 501. The van der Waals surface area contributed by atoms with Crippen molar-refractivity contribution in [2.24, 2.45) is 5.92 Å². The van der Waals surface area contributed by atoms with Gasteiger partial charge in [-0.1, -0.05) is 12.1 Å². The van der Waals surface area contributed by atoms with Gasteiger partial charge in [0.15, 0.2) is 0 Å². The number of ether oxygens (including phenoxy) is 1. The minimum absolute atomic E-state index is 0.0537. The molecule has 1 fully saturated rings. The second-order valence-electron chi connectivity index (χ2n) is 5.22. The normalized spacial score (nSPS) is 20.8. The van der Waals surface area contributed by atoms with E-state index in [2.05, 4.69) is 10.6 Å². The van der Waals surface area contributed by atoms with Crippen LogP contribution in [-0.2, 0) is 11.3 Å². The third-order valence-electron chi connectivity index (χ3n) is 3.73. The predicted octanol–water partition coefficient (Wildman–Crippen LogP) is 1.75. The van der Waals surface area contributed by atoms with Crippen molar-refractivity contribution in [1.82, 2.24) is 10.6 Å². The van der Waals surface area contributed by atoms with Gasteiger partial charge in [-0.2, -0.15) is 0 Å². The van der Waals surface area contributed by atoms with Gasteiger partial charge in [-0.15, -0.1) is 0 Å². The third-order valence-corrected chi connectivity index (χ3v) is 3.73. The highest BCUT2D eigenvalue weighted by Gasteiger charge is 2.30. The van der Waals surface area contributed by atoms with Gasteiger partial charge in [0.05, 0.1) is 13.0 Å². The molecule has 2 unspecified atom stereocenters. The Balaban J connectivity index is 1.73. The largest absolute Gasteiger partial charge is 0.497 e. The van der Waals surface area contributed by atoms with Crippen LogP contribution < -0.4 is 15.4 Å². The quantitative estimate of drug-likeness (QED) is 0.771. The zero-order chi connectivity index (χ0) is 15.2. The first kappa shape index (κ1) is 15.2. The summed E-state index contributed by atoms with van der Waals surface area (Å²) < 4.78 is 5.07. The number of hydrogen-bond donors (Lipinski definition) is 3. The minimum Gasteiger partial charge on any atom is -0.497 e. The van der Waals surface area contributed by atoms with Crippen molar-refractivity contribution in [1.29, 1.82) is 0 Å². The molecule has 0 saturated heterocycles. The Hall–Kier alpha value is -2.24. The van der Waals surface area contributed by atoms with Crippen molar-refractivity contribution in [2.45, 2.75) is 31.8 Å². The summed E-state index contributed by atoms with van der Waals surface area (Å²) in [5.41, 5.74) is 0.973. The molecule has 0 bridgehead atoms. The van der Waals surface area contributed by atoms with Gasteiger partial charge in [-0.25, -0.2) is 4.79 Å². The fraction of sp³-hybridized carbons (Fsp3) is 0.467. The van der Waals surface area contributed by atoms with E-state index >= 15 is 0 Å². The smallest absolute Gasteiger partial charge is 0.315 e. The molecular weight excluding hydrogens is 272 g/mol. The number of benzene rings is 1. The number of carboxylic acids is 1. The Kier molecular flexibility index (Phi) is 5.03. The van der Waals surface area contributed by atoms with Gasteiger partial charge in [-0.05, 0) is 37.0 Å². The zero-order valence-electron chi connectivity index (χ0n) is 12.0. The Labute approximate surface area is 123 Å². The van der Waals surface area contributed by atoms with Gasteiger partial charge in [0.2, 0.25) is 0 Å². The molecule has 2 atom stereocenters. The van der Waals surface area contributed by atoms with Gasteiger partial charge >= 0.3 is 12.0 Å². The Morgan fingerprint density at radius 2 is 2.00 bits per heavy atom. The van der Waals surface area contributed by atoms with Crippen molar-refractivity contribution in [3.05, 3.63) is 29.8 Å². The monoisotopic (exact) mass is 292 g/mol. The number of carbonyl (C=O) groups is 2. The van der Waals surface area contributed by atoms with Crippen molar-refractivity contribution >= 4 is 12.0 Å². The molecule has 2 rings (SSSR count). The second kappa shape index (κ2) is 6.97. The maximum atomic E-state index is 11.8. The second-order valence-corrected chi connectivity index (χ2v) is 5.22. The van der Waals surface area contributed by atoms with Gasteiger partial charge in [0.25, 0.3) is 0 Å². The van der Waals surface area contributed by atoms with E-state index in [9.17, 15) is 9.59 Å². The van der Waals surface area contributed by atoms with E-state index in [0.717, 1.165) is 11.3 Å². The predicted molar refractivity (Wildman–Crippen MR) is 77.1 cm³/mol. The van der Waals surface area contributed by atoms with Gasteiger partial charge in [-0.3, -0.25) is 4.79 Å². The molecule has 114 valence electrons. The number of nitrogens with one attached hydrogen (secondary N) is 2. The van der Waals surface area contributed by atoms with Crippen LogP contribution in [0.4, 0.5) is 4.79 Å². The van der Waals surface area contributed by atoms with Crippen LogP contribution in [0.25, 0.3) is 0 Å². The maximum absolute atomic E-state index is 11.8. The molecule has 21 heavy (non-hydrogen) atoms. The molecule has 1 aromatic carbocycles. The number of methoxy groups -OCH3 is 1. The van der Waals surface area contributed by atoms with E-state index in [1.165, 1.54) is 0 Å². The molecule has 1 aliphatic carbocycles. The molecule has 3 N–H and O–H groups in total. The van der Waals surface area contributed by atoms with E-state index in [0.29, 0.717) is 25.8 Å². The number of aliphatic carboxylic acids is 1. The van der Waals surface area contributed by atoms with E-state index in [1.807, 2.05) is 24.3 Å². The molecule has 0 spiro atoms. The first-order chi connectivity index (χ1) is 10.1. The molecule has 1 aliphatic rings. The van der Waals surface area contributed by atoms with Crippen LogP contribution in [0, 0.1) is 5.92 Å². The highest BCUT2D eigenvalue weighted by atomic mass is 16.5. The molecule has 0 aliphatic heterocycles. The van der Waals surface area contributed by atoms with Gasteiger partial charge in [0.1, 0.15) is 5.75 Å². The maximum Gasteiger partial charge on any atom is 0.315 e. The van der Waals surface area contributed by atoms with E-state index in [4.69, 9.17) is 9.84 Å². The summed E-state index contributed by atoms with van der Waals surface area (Å²) in [5.74, 6) is -0.344. The molecule has 1 aromatic rings. The highest BCUT2D eigenvalue weighted by Crippen LogP contribution is 2.25. The SMILES string of the molecule is COc1ccc(CNC(=O)NC2CCC(C(=O)O)C2)cc1. The van der Waals surface area contributed by atoms with E-state index in [1.54, 1.807) is 7.11 Å². The van der Waals surface area contributed by atoms with Crippen molar-refractivity contribution in [2.75, 3.05) is 7.11 Å². The average Bonchev–Trinajstić information content (AvgIpc) is 2.94. The number of urea groups is 1. The molecular formula is C15H20N2O4. The minimum atomic E-state index is -0.780. The number of rotatable bonds is 5. The molecule has 6 heteroatoms.